The fourth-order valence-corrected chi connectivity index (χ4v) is 4.55. The zero-order chi connectivity index (χ0) is 23.7. The third-order valence-corrected chi connectivity index (χ3v) is 6.29. The summed E-state index contributed by atoms with van der Waals surface area (Å²) in [5, 5.41) is 11.3. The maximum absolute atomic E-state index is 13.3. The van der Waals surface area contributed by atoms with Crippen molar-refractivity contribution in [1.29, 1.82) is 0 Å². The minimum atomic E-state index is -0.821. The lowest BCUT2D eigenvalue weighted by molar-refractivity contribution is -0.117. The van der Waals surface area contributed by atoms with E-state index in [1.807, 2.05) is 41.0 Å². The van der Waals surface area contributed by atoms with E-state index >= 15 is 0 Å². The first-order chi connectivity index (χ1) is 16.5. The first-order valence-corrected chi connectivity index (χ1v) is 11.4. The minimum Gasteiger partial charge on any atom is -0.489 e. The number of imidazole rings is 1. The lowest BCUT2D eigenvalue weighted by Crippen LogP contribution is -2.26. The number of carbonyl (C=O) groups is 1. The Morgan fingerprint density at radius 2 is 1.82 bits per heavy atom. The summed E-state index contributed by atoms with van der Waals surface area (Å²) in [7, 11) is 0. The Balaban J connectivity index is 1.38. The number of carbonyl (C=O) groups excluding carboxylic acids is 1. The van der Waals surface area contributed by atoms with Crippen LogP contribution in [0.15, 0.2) is 72.8 Å². The average Bonchev–Trinajstić information content (AvgIpc) is 3.40. The third kappa shape index (κ3) is 4.49. The largest absolute Gasteiger partial charge is 0.489 e. The first kappa shape index (κ1) is 22.4. The molecule has 6 nitrogen and oxygen atoms in total. The Labute approximate surface area is 201 Å². The van der Waals surface area contributed by atoms with Crippen LogP contribution in [0.4, 0.5) is 10.1 Å². The molecule has 1 saturated heterocycles. The summed E-state index contributed by atoms with van der Waals surface area (Å²) in [5.41, 5.74) is 2.33. The fourth-order valence-electron chi connectivity index (χ4n) is 4.36. The van der Waals surface area contributed by atoms with Crippen LogP contribution >= 0.6 is 11.6 Å². The van der Waals surface area contributed by atoms with Crippen molar-refractivity contribution in [3.8, 4) is 5.75 Å². The molecule has 1 aromatic heterocycles. The number of hydrogen-bond acceptors (Lipinski definition) is 4. The Bertz CT molecular complexity index is 1320. The van der Waals surface area contributed by atoms with Gasteiger partial charge in [0.2, 0.25) is 5.91 Å². The molecule has 4 aromatic rings. The van der Waals surface area contributed by atoms with Crippen molar-refractivity contribution < 1.29 is 19.0 Å². The molecular weight excluding hydrogens is 457 g/mol. The van der Waals surface area contributed by atoms with Crippen LogP contribution in [0, 0.1) is 5.82 Å². The summed E-state index contributed by atoms with van der Waals surface area (Å²) >= 11 is 6.15. The number of hydrogen-bond donors (Lipinski definition) is 1. The molecule has 3 aromatic carbocycles. The number of fused-ring (bicyclic) bond motifs is 1. The van der Waals surface area contributed by atoms with E-state index in [9.17, 15) is 14.3 Å². The summed E-state index contributed by atoms with van der Waals surface area (Å²) in [5.74, 6) is 0.687. The van der Waals surface area contributed by atoms with Gasteiger partial charge in [-0.05, 0) is 48.5 Å². The van der Waals surface area contributed by atoms with Crippen LogP contribution in [-0.2, 0) is 11.3 Å². The minimum absolute atomic E-state index is 0.0437. The van der Waals surface area contributed by atoms with Crippen molar-refractivity contribution in [2.75, 3.05) is 18.1 Å². The maximum Gasteiger partial charge on any atom is 0.227 e. The van der Waals surface area contributed by atoms with E-state index in [2.05, 4.69) is 0 Å². The number of nitrogens with zero attached hydrogens (tertiary/aromatic N) is 3. The SMILES string of the molecule is O=C1C[C@H](c2nc3ccccc3n2C[C@@H](O)COc2ccccc2Cl)CN1c1ccc(F)cc1. The fraction of sp³-hybridized carbons (Fsp3) is 0.231. The standard InChI is InChI=1S/C26H23ClFN3O3/c27-21-5-1-4-8-24(21)34-16-20(32)15-31-23-7-3-2-6-22(23)29-26(31)17-13-25(33)30(14-17)19-11-9-18(28)10-12-19/h1-12,17,20,32H,13-16H2/t17-,20+/m0/s1. The number of para-hydroxylation sites is 3. The topological polar surface area (TPSA) is 67.6 Å². The second-order valence-corrected chi connectivity index (χ2v) is 8.75. The van der Waals surface area contributed by atoms with E-state index in [0.717, 1.165) is 16.9 Å². The van der Waals surface area contributed by atoms with Gasteiger partial charge >= 0.3 is 0 Å². The molecule has 34 heavy (non-hydrogen) atoms. The average molecular weight is 480 g/mol. The molecule has 0 aliphatic carbocycles. The van der Waals surface area contributed by atoms with Gasteiger partial charge in [0, 0.05) is 24.6 Å². The van der Waals surface area contributed by atoms with Gasteiger partial charge in [-0.3, -0.25) is 4.79 Å². The Hall–Kier alpha value is -3.42. The quantitative estimate of drug-likeness (QED) is 0.414. The molecule has 174 valence electrons. The lowest BCUT2D eigenvalue weighted by Gasteiger charge is -2.19. The number of aromatic nitrogens is 2. The van der Waals surface area contributed by atoms with Crippen molar-refractivity contribution >= 4 is 34.2 Å². The number of rotatable bonds is 7. The summed E-state index contributed by atoms with van der Waals surface area (Å²) < 4.78 is 21.0. The molecule has 0 radical (unpaired) electrons. The molecule has 0 spiro atoms. The van der Waals surface area contributed by atoms with Gasteiger partial charge in [0.15, 0.2) is 0 Å². The van der Waals surface area contributed by atoms with Gasteiger partial charge in [0.05, 0.1) is 22.6 Å². The Morgan fingerprint density at radius 3 is 2.62 bits per heavy atom. The Kier molecular flexibility index (Phi) is 6.22. The van der Waals surface area contributed by atoms with Gasteiger partial charge in [-0.1, -0.05) is 35.9 Å². The number of halogens is 2. The molecule has 1 amide bonds. The normalized spacial score (nSPS) is 16.9. The second-order valence-electron chi connectivity index (χ2n) is 8.35. The van der Waals surface area contributed by atoms with E-state index in [0.29, 0.717) is 23.0 Å². The molecular formula is C26H23ClFN3O3. The lowest BCUT2D eigenvalue weighted by atomic mass is 10.1. The van der Waals surface area contributed by atoms with E-state index < -0.39 is 6.10 Å². The van der Waals surface area contributed by atoms with Crippen molar-refractivity contribution in [2.45, 2.75) is 25.0 Å². The smallest absolute Gasteiger partial charge is 0.227 e. The van der Waals surface area contributed by atoms with Gasteiger partial charge in [0.25, 0.3) is 0 Å². The highest BCUT2D eigenvalue weighted by molar-refractivity contribution is 6.32. The number of benzene rings is 3. The number of aliphatic hydroxyl groups is 1. The molecule has 0 saturated carbocycles. The molecule has 1 N–H and O–H groups in total. The molecule has 1 aliphatic rings. The van der Waals surface area contributed by atoms with Crippen molar-refractivity contribution in [3.63, 3.8) is 0 Å². The summed E-state index contributed by atoms with van der Waals surface area (Å²) in [4.78, 5) is 19.3. The summed E-state index contributed by atoms with van der Waals surface area (Å²) in [6.07, 6.45) is -0.537. The summed E-state index contributed by atoms with van der Waals surface area (Å²) in [6.45, 7) is 0.739. The number of aliphatic hydroxyl groups excluding tert-OH is 1. The molecule has 2 heterocycles. The van der Waals surface area contributed by atoms with Gasteiger partial charge in [-0.2, -0.15) is 0 Å². The van der Waals surface area contributed by atoms with E-state index in [-0.39, 0.29) is 37.2 Å². The molecule has 8 heteroatoms. The molecule has 2 atom stereocenters. The van der Waals surface area contributed by atoms with Gasteiger partial charge in [0.1, 0.15) is 30.1 Å². The second kappa shape index (κ2) is 9.44. The van der Waals surface area contributed by atoms with Gasteiger partial charge < -0.3 is 19.3 Å². The number of anilines is 1. The van der Waals surface area contributed by atoms with E-state index in [1.54, 1.807) is 29.2 Å². The first-order valence-electron chi connectivity index (χ1n) is 11.1. The van der Waals surface area contributed by atoms with Gasteiger partial charge in [-0.25, -0.2) is 9.37 Å². The van der Waals surface area contributed by atoms with Crippen molar-refractivity contribution in [1.82, 2.24) is 9.55 Å². The van der Waals surface area contributed by atoms with Crippen LogP contribution in [0.25, 0.3) is 11.0 Å². The highest BCUT2D eigenvalue weighted by Crippen LogP contribution is 2.33. The summed E-state index contributed by atoms with van der Waals surface area (Å²) in [6, 6.07) is 20.7. The van der Waals surface area contributed by atoms with Crippen LogP contribution < -0.4 is 9.64 Å². The monoisotopic (exact) mass is 479 g/mol. The molecule has 0 unspecified atom stereocenters. The maximum atomic E-state index is 13.3. The van der Waals surface area contributed by atoms with Crippen LogP contribution in [0.3, 0.4) is 0 Å². The zero-order valence-electron chi connectivity index (χ0n) is 18.3. The molecule has 0 bridgehead atoms. The van der Waals surface area contributed by atoms with Crippen LogP contribution in [0.1, 0.15) is 18.2 Å². The van der Waals surface area contributed by atoms with Crippen molar-refractivity contribution in [2.24, 2.45) is 0 Å². The molecule has 1 fully saturated rings. The van der Waals surface area contributed by atoms with Crippen LogP contribution in [-0.4, -0.2) is 39.8 Å². The molecule has 1 aliphatic heterocycles. The van der Waals surface area contributed by atoms with Gasteiger partial charge in [-0.15, -0.1) is 0 Å². The zero-order valence-corrected chi connectivity index (χ0v) is 19.0. The Morgan fingerprint density at radius 1 is 1.09 bits per heavy atom. The van der Waals surface area contributed by atoms with E-state index in [1.165, 1.54) is 12.1 Å². The van der Waals surface area contributed by atoms with Crippen LogP contribution in [0.2, 0.25) is 5.02 Å². The highest BCUT2D eigenvalue weighted by atomic mass is 35.5. The van der Waals surface area contributed by atoms with Crippen molar-refractivity contribution in [3.05, 3.63) is 89.5 Å². The van der Waals surface area contributed by atoms with Crippen LogP contribution in [0.5, 0.6) is 5.75 Å². The number of amides is 1. The predicted molar refractivity (Wildman–Crippen MR) is 129 cm³/mol. The predicted octanol–water partition coefficient (Wildman–Crippen LogP) is 4.79. The number of ether oxygens (including phenoxy) is 1. The van der Waals surface area contributed by atoms with E-state index in [4.69, 9.17) is 21.3 Å². The molecule has 5 rings (SSSR count). The highest BCUT2D eigenvalue weighted by Gasteiger charge is 2.35. The third-order valence-electron chi connectivity index (χ3n) is 5.97.